The number of carbonyl (C=O) groups excluding carboxylic acids is 3. The van der Waals surface area contributed by atoms with Gasteiger partial charge in [-0.2, -0.15) is 0 Å². The highest BCUT2D eigenvalue weighted by Crippen LogP contribution is 2.40. The number of hydrogen-bond donors (Lipinski definition) is 1. The van der Waals surface area contributed by atoms with Crippen LogP contribution in [0.4, 0.5) is 0 Å². The summed E-state index contributed by atoms with van der Waals surface area (Å²) in [5.41, 5.74) is -2.62. The zero-order valence-electron chi connectivity index (χ0n) is 13.3. The first-order chi connectivity index (χ1) is 9.95. The lowest BCUT2D eigenvalue weighted by Crippen LogP contribution is -2.64. The number of ketones is 1. The van der Waals surface area contributed by atoms with E-state index in [4.69, 9.17) is 9.47 Å². The molecule has 2 atom stereocenters. The highest BCUT2D eigenvalue weighted by molar-refractivity contribution is 6.15. The van der Waals surface area contributed by atoms with Crippen molar-refractivity contribution in [3.63, 3.8) is 0 Å². The molecular weight excluding hydrogens is 274 g/mol. The van der Waals surface area contributed by atoms with Gasteiger partial charge in [-0.25, -0.2) is 0 Å². The fourth-order valence-electron chi connectivity index (χ4n) is 2.84. The smallest absolute Gasteiger partial charge is 0.320 e. The summed E-state index contributed by atoms with van der Waals surface area (Å²) in [6.07, 6.45) is 0.581. The van der Waals surface area contributed by atoms with Crippen LogP contribution in [0.5, 0.6) is 0 Å². The molecule has 1 heterocycles. The number of esters is 2. The van der Waals surface area contributed by atoms with E-state index in [2.05, 4.69) is 5.32 Å². The minimum Gasteiger partial charge on any atom is -0.465 e. The predicted molar refractivity (Wildman–Crippen MR) is 76.6 cm³/mol. The Bertz CT molecular complexity index is 386. The zero-order valence-corrected chi connectivity index (χ0v) is 13.3. The molecule has 1 aliphatic rings. The zero-order chi connectivity index (χ0) is 16.1. The molecule has 0 saturated carbocycles. The molecule has 1 N–H and O–H groups in total. The molecule has 120 valence electrons. The summed E-state index contributed by atoms with van der Waals surface area (Å²) in [4.78, 5) is 37.6. The summed E-state index contributed by atoms with van der Waals surface area (Å²) in [7, 11) is 0. The first-order valence-corrected chi connectivity index (χ1v) is 7.55. The molecule has 1 fully saturated rings. The Morgan fingerprint density at radius 3 is 1.62 bits per heavy atom. The predicted octanol–water partition coefficient (Wildman–Crippen LogP) is 1.08. The van der Waals surface area contributed by atoms with Gasteiger partial charge in [0.15, 0.2) is 5.78 Å². The molecule has 1 saturated heterocycles. The second-order valence-electron chi connectivity index (χ2n) is 5.24. The molecule has 0 aromatic heterocycles. The minimum atomic E-state index is -1.31. The number of nitrogens with one attached hydrogen (secondary N) is 1. The quantitative estimate of drug-likeness (QED) is 0.584. The van der Waals surface area contributed by atoms with Crippen LogP contribution in [0.3, 0.4) is 0 Å². The van der Waals surface area contributed by atoms with E-state index >= 15 is 0 Å². The number of carbonyl (C=O) groups is 3. The molecule has 6 heteroatoms. The van der Waals surface area contributed by atoms with Gasteiger partial charge in [0.2, 0.25) is 0 Å². The van der Waals surface area contributed by atoms with E-state index < -0.39 is 22.8 Å². The minimum absolute atomic E-state index is 0.197. The lowest BCUT2D eigenvalue weighted by Gasteiger charge is -2.42. The van der Waals surface area contributed by atoms with Gasteiger partial charge < -0.3 is 14.8 Å². The Kier molecular flexibility index (Phi) is 5.89. The highest BCUT2D eigenvalue weighted by Gasteiger charge is 2.60. The second-order valence-corrected chi connectivity index (χ2v) is 5.24. The normalized spacial score (nSPS) is 29.0. The van der Waals surface area contributed by atoms with Crippen LogP contribution in [-0.2, 0) is 23.9 Å². The van der Waals surface area contributed by atoms with Crippen LogP contribution in [0.15, 0.2) is 0 Å². The third-order valence-corrected chi connectivity index (χ3v) is 4.26. The summed E-state index contributed by atoms with van der Waals surface area (Å²) in [6.45, 7) is 7.70. The summed E-state index contributed by atoms with van der Waals surface area (Å²) in [6, 6.07) is 0. The van der Waals surface area contributed by atoms with Crippen LogP contribution >= 0.6 is 0 Å². The number of ether oxygens (including phenoxy) is 2. The molecular formula is C15H25NO5. The Hall–Kier alpha value is -1.43. The van der Waals surface area contributed by atoms with Gasteiger partial charge in [-0.3, -0.25) is 14.4 Å². The Balaban J connectivity index is 3.23. The maximum Gasteiger partial charge on any atom is 0.320 e. The standard InChI is InChI=1S/C15H25NO5/c1-5-14(12(18)20-7-3)9-16-10-15(6-2,11(14)17)13(19)21-8-4/h16H,5-10H2,1-4H3/t14-,15-/m1/s1. The van der Waals surface area contributed by atoms with Crippen LogP contribution in [0.1, 0.15) is 40.5 Å². The lowest BCUT2D eigenvalue weighted by molar-refractivity contribution is -0.174. The summed E-state index contributed by atoms with van der Waals surface area (Å²) < 4.78 is 10.1. The fraction of sp³-hybridized carbons (Fsp3) is 0.800. The van der Waals surface area contributed by atoms with Gasteiger partial charge in [-0.05, 0) is 26.7 Å². The maximum atomic E-state index is 13.0. The van der Waals surface area contributed by atoms with Crippen LogP contribution in [-0.4, -0.2) is 44.0 Å². The lowest BCUT2D eigenvalue weighted by atomic mass is 9.64. The molecule has 0 spiro atoms. The van der Waals surface area contributed by atoms with Crippen molar-refractivity contribution in [2.24, 2.45) is 10.8 Å². The molecule has 0 bridgehead atoms. The third kappa shape index (κ3) is 2.81. The van der Waals surface area contributed by atoms with Gasteiger partial charge in [0.05, 0.1) is 13.2 Å². The van der Waals surface area contributed by atoms with Gasteiger partial charge in [0, 0.05) is 13.1 Å². The number of rotatable bonds is 6. The first-order valence-electron chi connectivity index (χ1n) is 7.55. The summed E-state index contributed by atoms with van der Waals surface area (Å²) in [5.74, 6) is -1.51. The molecule has 6 nitrogen and oxygen atoms in total. The van der Waals surface area contributed by atoms with Gasteiger partial charge in [-0.15, -0.1) is 0 Å². The largest absolute Gasteiger partial charge is 0.465 e. The van der Waals surface area contributed by atoms with E-state index in [0.29, 0.717) is 12.8 Å². The van der Waals surface area contributed by atoms with E-state index in [0.717, 1.165) is 0 Å². The van der Waals surface area contributed by atoms with Crippen molar-refractivity contribution < 1.29 is 23.9 Å². The first kappa shape index (κ1) is 17.6. The Morgan fingerprint density at radius 2 is 1.33 bits per heavy atom. The molecule has 21 heavy (non-hydrogen) atoms. The Morgan fingerprint density at radius 1 is 0.952 bits per heavy atom. The van der Waals surface area contributed by atoms with Crippen LogP contribution in [0, 0.1) is 10.8 Å². The van der Waals surface area contributed by atoms with Crippen molar-refractivity contribution in [2.45, 2.75) is 40.5 Å². The van der Waals surface area contributed by atoms with Crippen LogP contribution in [0.2, 0.25) is 0 Å². The average molecular weight is 299 g/mol. The van der Waals surface area contributed by atoms with Crippen molar-refractivity contribution in [2.75, 3.05) is 26.3 Å². The van der Waals surface area contributed by atoms with Crippen molar-refractivity contribution in [1.29, 1.82) is 0 Å². The summed E-state index contributed by atoms with van der Waals surface area (Å²) >= 11 is 0. The van der Waals surface area contributed by atoms with Crippen LogP contribution in [0.25, 0.3) is 0 Å². The summed E-state index contributed by atoms with van der Waals surface area (Å²) in [5, 5.41) is 3.05. The molecule has 0 unspecified atom stereocenters. The van der Waals surface area contributed by atoms with Crippen LogP contribution < -0.4 is 5.32 Å². The fourth-order valence-corrected chi connectivity index (χ4v) is 2.84. The van der Waals surface area contributed by atoms with Gasteiger partial charge in [0.1, 0.15) is 10.8 Å². The third-order valence-electron chi connectivity index (χ3n) is 4.26. The van der Waals surface area contributed by atoms with Gasteiger partial charge >= 0.3 is 11.9 Å². The number of Topliss-reactive ketones (excluding diaryl/α,β-unsaturated/α-hetero) is 1. The monoisotopic (exact) mass is 299 g/mol. The van der Waals surface area contributed by atoms with Crippen molar-refractivity contribution in [3.8, 4) is 0 Å². The number of piperidine rings is 1. The molecule has 0 aromatic carbocycles. The van der Waals surface area contributed by atoms with E-state index in [-0.39, 0.29) is 32.1 Å². The van der Waals surface area contributed by atoms with Gasteiger partial charge in [-0.1, -0.05) is 13.8 Å². The van der Waals surface area contributed by atoms with Crippen molar-refractivity contribution in [3.05, 3.63) is 0 Å². The SMILES string of the molecule is CCOC(=O)[C@]1(CC)CNC[C@@](CC)(C(=O)OCC)C1=O. The van der Waals surface area contributed by atoms with E-state index in [1.165, 1.54) is 0 Å². The molecule has 0 aromatic rings. The highest BCUT2D eigenvalue weighted by atomic mass is 16.5. The Labute approximate surface area is 125 Å². The van der Waals surface area contributed by atoms with E-state index in [9.17, 15) is 14.4 Å². The van der Waals surface area contributed by atoms with E-state index in [1.807, 2.05) is 0 Å². The molecule has 0 radical (unpaired) electrons. The maximum absolute atomic E-state index is 13.0. The number of hydrogen-bond acceptors (Lipinski definition) is 6. The second kappa shape index (κ2) is 7.02. The molecule has 1 rings (SSSR count). The van der Waals surface area contributed by atoms with Gasteiger partial charge in [0.25, 0.3) is 0 Å². The molecule has 0 amide bonds. The van der Waals surface area contributed by atoms with Crippen molar-refractivity contribution in [1.82, 2.24) is 5.32 Å². The van der Waals surface area contributed by atoms with Crippen molar-refractivity contribution >= 4 is 17.7 Å². The van der Waals surface area contributed by atoms with E-state index in [1.54, 1.807) is 27.7 Å². The molecule has 0 aliphatic carbocycles. The topological polar surface area (TPSA) is 81.7 Å². The average Bonchev–Trinajstić information content (AvgIpc) is 2.48. The molecule has 1 aliphatic heterocycles.